The Morgan fingerprint density at radius 2 is 2.25 bits per heavy atom. The fourth-order valence-corrected chi connectivity index (χ4v) is 4.20. The highest BCUT2D eigenvalue weighted by molar-refractivity contribution is 5.88. The molecule has 1 N–H and O–H groups in total. The summed E-state index contributed by atoms with van der Waals surface area (Å²) in [4.78, 5) is 11.1. The molecule has 3 unspecified atom stereocenters. The van der Waals surface area contributed by atoms with Gasteiger partial charge in [-0.05, 0) is 42.1 Å². The second kappa shape index (κ2) is 4.35. The van der Waals surface area contributed by atoms with Gasteiger partial charge in [0.05, 0.1) is 12.4 Å². The summed E-state index contributed by atoms with van der Waals surface area (Å²) in [5, 5.41) is 9.07. The Morgan fingerprint density at radius 3 is 2.80 bits per heavy atom. The minimum absolute atomic E-state index is 0.188. The first-order valence-electron chi connectivity index (χ1n) is 7.27. The Morgan fingerprint density at radius 1 is 1.50 bits per heavy atom. The molecule has 2 saturated carbocycles. The summed E-state index contributed by atoms with van der Waals surface area (Å²) < 4.78 is 11.3. The second-order valence-electron chi connectivity index (χ2n) is 6.97. The van der Waals surface area contributed by atoms with Crippen molar-refractivity contribution in [3.63, 3.8) is 0 Å². The number of rotatable bonds is 4. The molecular formula is C16H22O4. The zero-order valence-corrected chi connectivity index (χ0v) is 12.3. The van der Waals surface area contributed by atoms with E-state index >= 15 is 0 Å². The minimum Gasteiger partial charge on any atom is -0.478 e. The number of hydrogen-bond donors (Lipinski definition) is 1. The Balaban J connectivity index is 1.71. The highest BCUT2D eigenvalue weighted by atomic mass is 16.5. The van der Waals surface area contributed by atoms with Crippen LogP contribution in [0.1, 0.15) is 56.2 Å². The molecule has 1 heterocycles. The summed E-state index contributed by atoms with van der Waals surface area (Å²) in [5.41, 5.74) is 0.696. The maximum Gasteiger partial charge on any atom is 0.339 e. The van der Waals surface area contributed by atoms with Crippen molar-refractivity contribution < 1.29 is 19.1 Å². The quantitative estimate of drug-likeness (QED) is 0.912. The van der Waals surface area contributed by atoms with Crippen LogP contribution in [0.4, 0.5) is 0 Å². The lowest BCUT2D eigenvalue weighted by Gasteiger charge is -2.38. The number of fused-ring (bicyclic) bond motifs is 2. The number of carbonyl (C=O) groups is 1. The standard InChI is InChI=1S/C16H22O4/c1-15(2)10-4-6-16(15,3)13(8-10)20-9-12-11(14(17)18)5-7-19-12/h5,7,10,13H,4,6,8-9H2,1-3H3,(H,17,18). The van der Waals surface area contributed by atoms with Crippen molar-refractivity contribution in [2.75, 3.05) is 0 Å². The van der Waals surface area contributed by atoms with Crippen LogP contribution < -0.4 is 0 Å². The molecule has 0 saturated heterocycles. The van der Waals surface area contributed by atoms with Crippen molar-refractivity contribution in [1.29, 1.82) is 0 Å². The van der Waals surface area contributed by atoms with Crippen LogP contribution in [0.15, 0.2) is 16.7 Å². The molecule has 2 aliphatic carbocycles. The van der Waals surface area contributed by atoms with E-state index in [2.05, 4.69) is 20.8 Å². The number of ether oxygens (including phenoxy) is 1. The third-order valence-corrected chi connectivity index (χ3v) is 6.11. The molecule has 3 rings (SSSR count). The first kappa shape index (κ1) is 13.7. The molecule has 20 heavy (non-hydrogen) atoms. The monoisotopic (exact) mass is 278 g/mol. The van der Waals surface area contributed by atoms with E-state index in [1.807, 2.05) is 0 Å². The lowest BCUT2D eigenvalue weighted by Crippen LogP contribution is -2.37. The van der Waals surface area contributed by atoms with Crippen molar-refractivity contribution in [3.8, 4) is 0 Å². The van der Waals surface area contributed by atoms with E-state index < -0.39 is 5.97 Å². The molecule has 110 valence electrons. The van der Waals surface area contributed by atoms with E-state index in [1.165, 1.54) is 25.2 Å². The van der Waals surface area contributed by atoms with Gasteiger partial charge in [-0.2, -0.15) is 0 Å². The van der Waals surface area contributed by atoms with E-state index in [0.29, 0.717) is 17.1 Å². The number of hydrogen-bond acceptors (Lipinski definition) is 3. The molecule has 0 spiro atoms. The lowest BCUT2D eigenvalue weighted by molar-refractivity contribution is -0.0599. The van der Waals surface area contributed by atoms with Gasteiger partial charge in [-0.1, -0.05) is 20.8 Å². The van der Waals surface area contributed by atoms with Gasteiger partial charge in [0.2, 0.25) is 0 Å². The van der Waals surface area contributed by atoms with Gasteiger partial charge in [-0.25, -0.2) is 4.79 Å². The zero-order chi connectivity index (χ0) is 14.5. The van der Waals surface area contributed by atoms with Crippen LogP contribution in [0.25, 0.3) is 0 Å². The maximum atomic E-state index is 11.1. The van der Waals surface area contributed by atoms with E-state index in [1.54, 1.807) is 0 Å². The molecule has 0 aliphatic heterocycles. The van der Waals surface area contributed by atoms with E-state index in [4.69, 9.17) is 14.3 Å². The molecule has 2 aliphatic rings. The van der Waals surface area contributed by atoms with Gasteiger partial charge in [0, 0.05) is 0 Å². The summed E-state index contributed by atoms with van der Waals surface area (Å²) in [6, 6.07) is 1.48. The van der Waals surface area contributed by atoms with Crippen LogP contribution in [0, 0.1) is 16.7 Å². The van der Waals surface area contributed by atoms with E-state index in [-0.39, 0.29) is 23.7 Å². The van der Waals surface area contributed by atoms with Gasteiger partial charge in [-0.3, -0.25) is 0 Å². The largest absolute Gasteiger partial charge is 0.478 e. The van der Waals surface area contributed by atoms with Crippen LogP contribution in [0.2, 0.25) is 0 Å². The fraction of sp³-hybridized carbons (Fsp3) is 0.688. The molecule has 0 aromatic carbocycles. The second-order valence-corrected chi connectivity index (χ2v) is 6.97. The molecule has 3 atom stereocenters. The van der Waals surface area contributed by atoms with Gasteiger partial charge < -0.3 is 14.3 Å². The van der Waals surface area contributed by atoms with Crippen LogP contribution in [-0.2, 0) is 11.3 Å². The highest BCUT2D eigenvalue weighted by Gasteiger charge is 2.61. The predicted molar refractivity (Wildman–Crippen MR) is 73.5 cm³/mol. The number of aromatic carboxylic acids is 1. The number of furan rings is 1. The van der Waals surface area contributed by atoms with Crippen LogP contribution in [0.5, 0.6) is 0 Å². The molecule has 0 amide bonds. The summed E-state index contributed by atoms with van der Waals surface area (Å²) in [5.74, 6) is 0.173. The lowest BCUT2D eigenvalue weighted by atomic mass is 9.70. The van der Waals surface area contributed by atoms with Crippen molar-refractivity contribution in [2.24, 2.45) is 16.7 Å². The van der Waals surface area contributed by atoms with Gasteiger partial charge in [0.1, 0.15) is 17.9 Å². The fourth-order valence-electron chi connectivity index (χ4n) is 4.20. The number of carboxylic acid groups (broad SMARTS) is 1. The molecule has 4 nitrogen and oxygen atoms in total. The van der Waals surface area contributed by atoms with E-state index in [9.17, 15) is 4.79 Å². The third kappa shape index (κ3) is 1.74. The van der Waals surface area contributed by atoms with Gasteiger partial charge >= 0.3 is 5.97 Å². The van der Waals surface area contributed by atoms with Crippen LogP contribution >= 0.6 is 0 Å². The smallest absolute Gasteiger partial charge is 0.339 e. The van der Waals surface area contributed by atoms with Gasteiger partial charge in [-0.15, -0.1) is 0 Å². The summed E-state index contributed by atoms with van der Waals surface area (Å²) in [7, 11) is 0. The molecule has 2 bridgehead atoms. The van der Waals surface area contributed by atoms with Crippen LogP contribution in [0.3, 0.4) is 0 Å². The molecule has 4 heteroatoms. The summed E-state index contributed by atoms with van der Waals surface area (Å²) >= 11 is 0. The Kier molecular flexibility index (Phi) is 2.98. The Bertz CT molecular complexity index is 530. The zero-order valence-electron chi connectivity index (χ0n) is 12.3. The summed E-state index contributed by atoms with van der Waals surface area (Å²) in [6.07, 6.45) is 5.16. The van der Waals surface area contributed by atoms with Gasteiger partial charge in [0.25, 0.3) is 0 Å². The first-order valence-corrected chi connectivity index (χ1v) is 7.27. The third-order valence-electron chi connectivity index (χ3n) is 6.11. The van der Waals surface area contributed by atoms with Crippen molar-refractivity contribution in [3.05, 3.63) is 23.7 Å². The molecule has 1 aromatic heterocycles. The normalized spacial score (nSPS) is 34.5. The molecule has 1 aromatic rings. The average molecular weight is 278 g/mol. The molecule has 2 fully saturated rings. The summed E-state index contributed by atoms with van der Waals surface area (Å²) in [6.45, 7) is 7.23. The van der Waals surface area contributed by atoms with Crippen molar-refractivity contribution in [1.82, 2.24) is 0 Å². The first-order chi connectivity index (χ1) is 9.36. The Hall–Kier alpha value is -1.29. The predicted octanol–water partition coefficient (Wildman–Crippen LogP) is 3.71. The molecule has 0 radical (unpaired) electrons. The van der Waals surface area contributed by atoms with Crippen molar-refractivity contribution in [2.45, 2.75) is 52.7 Å². The van der Waals surface area contributed by atoms with Crippen LogP contribution in [-0.4, -0.2) is 17.2 Å². The average Bonchev–Trinajstić information content (AvgIpc) is 2.98. The SMILES string of the molecule is CC1(C)C2CCC1(C)C(OCc1occc1C(=O)O)C2. The minimum atomic E-state index is -0.961. The Labute approximate surface area is 119 Å². The number of carboxylic acids is 1. The van der Waals surface area contributed by atoms with E-state index in [0.717, 1.165) is 6.42 Å². The maximum absolute atomic E-state index is 11.1. The van der Waals surface area contributed by atoms with Crippen molar-refractivity contribution >= 4 is 5.97 Å². The molecular weight excluding hydrogens is 256 g/mol. The topological polar surface area (TPSA) is 59.7 Å². The van der Waals surface area contributed by atoms with Gasteiger partial charge in [0.15, 0.2) is 0 Å². The highest BCUT2D eigenvalue weighted by Crippen LogP contribution is 2.66.